The van der Waals surface area contributed by atoms with Gasteiger partial charge in [-0.3, -0.25) is 9.69 Å². The molecule has 0 saturated carbocycles. The summed E-state index contributed by atoms with van der Waals surface area (Å²) in [6, 6.07) is 0.197. The summed E-state index contributed by atoms with van der Waals surface area (Å²) in [7, 11) is 2.11. The van der Waals surface area contributed by atoms with Gasteiger partial charge in [0.2, 0.25) is 5.91 Å². The summed E-state index contributed by atoms with van der Waals surface area (Å²) in [5.41, 5.74) is 1.06. The predicted octanol–water partition coefficient (Wildman–Crippen LogP) is 0.989. The molecule has 2 saturated heterocycles. The maximum Gasteiger partial charge on any atom is 0.223 e. The van der Waals surface area contributed by atoms with Crippen LogP contribution in [0.1, 0.15) is 23.2 Å². The number of nitrogens with zero attached hydrogens (tertiary/aromatic N) is 4. The molecule has 1 atom stereocenters. The largest absolute Gasteiger partial charge is 0.378 e. The first-order chi connectivity index (χ1) is 11.1. The number of amides is 1. The molecule has 1 aromatic rings. The minimum Gasteiger partial charge on any atom is -0.378 e. The highest BCUT2D eigenvalue weighted by atomic mass is 32.1. The van der Waals surface area contributed by atoms with Gasteiger partial charge in [-0.2, -0.15) is 0 Å². The first-order valence-corrected chi connectivity index (χ1v) is 9.21. The second kappa shape index (κ2) is 7.70. The zero-order valence-corrected chi connectivity index (χ0v) is 14.8. The van der Waals surface area contributed by atoms with Gasteiger partial charge in [-0.25, -0.2) is 4.98 Å². The van der Waals surface area contributed by atoms with Crippen molar-refractivity contribution in [3.05, 3.63) is 16.1 Å². The standard InChI is InChI=1S/C16H26N4O2S/c1-13-12-23-16(17-13)14-11-22-10-9-19(14)4-3-15(21)20-7-5-18(2)6-8-20/h12,14H,3-11H2,1-2H3/t14-/m1/s1. The highest BCUT2D eigenvalue weighted by Crippen LogP contribution is 2.27. The zero-order valence-electron chi connectivity index (χ0n) is 14.0. The number of thiazole rings is 1. The van der Waals surface area contributed by atoms with Crippen LogP contribution in [0.5, 0.6) is 0 Å². The summed E-state index contributed by atoms with van der Waals surface area (Å²) in [4.78, 5) is 23.7. The number of aryl methyl sites for hydroxylation is 1. The minimum absolute atomic E-state index is 0.197. The Labute approximate surface area is 142 Å². The Bertz CT molecular complexity index is 528. The number of hydrogen-bond acceptors (Lipinski definition) is 6. The maximum absolute atomic E-state index is 12.4. The van der Waals surface area contributed by atoms with Crippen LogP contribution < -0.4 is 0 Å². The van der Waals surface area contributed by atoms with Gasteiger partial charge in [0.25, 0.3) is 0 Å². The van der Waals surface area contributed by atoms with Crippen LogP contribution in [0.4, 0.5) is 0 Å². The number of ether oxygens (including phenoxy) is 1. The molecule has 1 amide bonds. The van der Waals surface area contributed by atoms with Crippen LogP contribution in [0, 0.1) is 6.92 Å². The minimum atomic E-state index is 0.197. The van der Waals surface area contributed by atoms with Crippen LogP contribution in [-0.4, -0.2) is 85.1 Å². The number of carbonyl (C=O) groups is 1. The van der Waals surface area contributed by atoms with Crippen molar-refractivity contribution in [2.45, 2.75) is 19.4 Å². The molecular formula is C16H26N4O2S. The topological polar surface area (TPSA) is 48.9 Å². The van der Waals surface area contributed by atoms with E-state index in [0.717, 1.165) is 56.6 Å². The van der Waals surface area contributed by atoms with Crippen molar-refractivity contribution in [3.63, 3.8) is 0 Å². The molecule has 128 valence electrons. The normalized spacial score (nSPS) is 24.1. The van der Waals surface area contributed by atoms with Crippen molar-refractivity contribution in [1.82, 2.24) is 19.7 Å². The number of aromatic nitrogens is 1. The number of hydrogen-bond donors (Lipinski definition) is 0. The Morgan fingerprint density at radius 3 is 2.83 bits per heavy atom. The van der Waals surface area contributed by atoms with Crippen molar-refractivity contribution in [2.75, 3.05) is 59.5 Å². The maximum atomic E-state index is 12.4. The summed E-state index contributed by atoms with van der Waals surface area (Å²) in [5.74, 6) is 0.277. The fraction of sp³-hybridized carbons (Fsp3) is 0.750. The molecule has 7 heteroatoms. The van der Waals surface area contributed by atoms with Crippen molar-refractivity contribution < 1.29 is 9.53 Å². The van der Waals surface area contributed by atoms with Gasteiger partial charge in [0, 0.05) is 56.8 Å². The molecule has 1 aromatic heterocycles. The van der Waals surface area contributed by atoms with E-state index in [2.05, 4.69) is 27.2 Å². The smallest absolute Gasteiger partial charge is 0.223 e. The highest BCUT2D eigenvalue weighted by molar-refractivity contribution is 7.09. The first kappa shape index (κ1) is 16.8. The molecule has 6 nitrogen and oxygen atoms in total. The molecule has 0 spiro atoms. The molecular weight excluding hydrogens is 312 g/mol. The molecule has 3 rings (SSSR count). The van der Waals surface area contributed by atoms with Crippen LogP contribution >= 0.6 is 11.3 Å². The van der Waals surface area contributed by atoms with Gasteiger partial charge in [0.15, 0.2) is 0 Å². The van der Waals surface area contributed by atoms with E-state index in [1.807, 2.05) is 11.8 Å². The lowest BCUT2D eigenvalue weighted by molar-refractivity contribution is -0.133. The van der Waals surface area contributed by atoms with Crippen LogP contribution in [-0.2, 0) is 9.53 Å². The number of piperazine rings is 1. The van der Waals surface area contributed by atoms with E-state index in [-0.39, 0.29) is 11.9 Å². The Kier molecular flexibility index (Phi) is 5.63. The monoisotopic (exact) mass is 338 g/mol. The Morgan fingerprint density at radius 2 is 2.13 bits per heavy atom. The molecule has 2 fully saturated rings. The third-order valence-corrected chi connectivity index (χ3v) is 5.69. The van der Waals surface area contributed by atoms with E-state index in [1.165, 1.54) is 0 Å². The summed E-state index contributed by atoms with van der Waals surface area (Å²) in [5, 5.41) is 3.19. The first-order valence-electron chi connectivity index (χ1n) is 8.33. The van der Waals surface area contributed by atoms with E-state index >= 15 is 0 Å². The Hall–Kier alpha value is -1.02. The van der Waals surface area contributed by atoms with Gasteiger partial charge in [-0.15, -0.1) is 11.3 Å². The lowest BCUT2D eigenvalue weighted by atomic mass is 10.2. The van der Waals surface area contributed by atoms with Crippen LogP contribution in [0.2, 0.25) is 0 Å². The molecule has 0 unspecified atom stereocenters. The molecule has 2 aliphatic rings. The Balaban J connectivity index is 1.54. The second-order valence-corrected chi connectivity index (χ2v) is 7.28. The molecule has 0 N–H and O–H groups in total. The van der Waals surface area contributed by atoms with E-state index in [0.29, 0.717) is 13.0 Å². The quantitative estimate of drug-likeness (QED) is 0.819. The highest BCUT2D eigenvalue weighted by Gasteiger charge is 2.28. The van der Waals surface area contributed by atoms with Gasteiger partial charge >= 0.3 is 0 Å². The molecule has 2 aliphatic heterocycles. The SMILES string of the molecule is Cc1csc([C@H]2COCCN2CCC(=O)N2CCN(C)CC2)n1. The lowest BCUT2D eigenvalue weighted by Crippen LogP contribution is -2.48. The van der Waals surface area contributed by atoms with Crippen molar-refractivity contribution >= 4 is 17.2 Å². The van der Waals surface area contributed by atoms with Crippen molar-refractivity contribution in [3.8, 4) is 0 Å². The summed E-state index contributed by atoms with van der Waals surface area (Å²) in [6.07, 6.45) is 0.588. The molecule has 0 bridgehead atoms. The summed E-state index contributed by atoms with van der Waals surface area (Å²) >= 11 is 1.69. The van der Waals surface area contributed by atoms with E-state index in [9.17, 15) is 4.79 Å². The van der Waals surface area contributed by atoms with Crippen LogP contribution in [0.3, 0.4) is 0 Å². The average molecular weight is 338 g/mol. The van der Waals surface area contributed by atoms with E-state index in [4.69, 9.17) is 4.74 Å². The number of carbonyl (C=O) groups excluding carboxylic acids is 1. The van der Waals surface area contributed by atoms with Gasteiger partial charge in [-0.1, -0.05) is 0 Å². The van der Waals surface area contributed by atoms with Crippen LogP contribution in [0.25, 0.3) is 0 Å². The summed E-state index contributed by atoms with van der Waals surface area (Å²) < 4.78 is 5.64. The van der Waals surface area contributed by atoms with Crippen molar-refractivity contribution in [1.29, 1.82) is 0 Å². The van der Waals surface area contributed by atoms with E-state index in [1.54, 1.807) is 11.3 Å². The van der Waals surface area contributed by atoms with Crippen LogP contribution in [0.15, 0.2) is 5.38 Å². The van der Waals surface area contributed by atoms with E-state index < -0.39 is 0 Å². The summed E-state index contributed by atoms with van der Waals surface area (Å²) in [6.45, 7) is 8.76. The Morgan fingerprint density at radius 1 is 1.35 bits per heavy atom. The van der Waals surface area contributed by atoms with Gasteiger partial charge in [-0.05, 0) is 14.0 Å². The second-order valence-electron chi connectivity index (χ2n) is 6.39. The molecule has 0 aliphatic carbocycles. The fourth-order valence-electron chi connectivity index (χ4n) is 3.11. The average Bonchev–Trinajstić information content (AvgIpc) is 3.00. The third-order valence-electron chi connectivity index (χ3n) is 4.63. The zero-order chi connectivity index (χ0) is 16.2. The number of morpholine rings is 1. The molecule has 3 heterocycles. The molecule has 0 aromatic carbocycles. The van der Waals surface area contributed by atoms with Crippen molar-refractivity contribution in [2.24, 2.45) is 0 Å². The van der Waals surface area contributed by atoms with Gasteiger partial charge in [0.05, 0.1) is 19.3 Å². The molecule has 0 radical (unpaired) electrons. The molecule has 23 heavy (non-hydrogen) atoms. The predicted molar refractivity (Wildman–Crippen MR) is 90.7 cm³/mol. The third kappa shape index (κ3) is 4.29. The fourth-order valence-corrected chi connectivity index (χ4v) is 4.03. The van der Waals surface area contributed by atoms with Gasteiger partial charge in [0.1, 0.15) is 5.01 Å². The number of rotatable bonds is 4. The lowest BCUT2D eigenvalue weighted by Gasteiger charge is -2.36. The number of likely N-dealkylation sites (N-methyl/N-ethyl adjacent to an activating group) is 1. The van der Waals surface area contributed by atoms with Gasteiger partial charge < -0.3 is 14.5 Å².